The Kier molecular flexibility index (Phi) is 7.16. The second kappa shape index (κ2) is 9.86. The molecule has 0 aliphatic carbocycles. The van der Waals surface area contributed by atoms with E-state index in [2.05, 4.69) is 0 Å². The Bertz CT molecular complexity index is 1180. The molecule has 0 saturated carbocycles. The molecular formula is C27H30N2O4. The van der Waals surface area contributed by atoms with Crippen LogP contribution in [-0.4, -0.2) is 45.4 Å². The lowest BCUT2D eigenvalue weighted by Crippen LogP contribution is -2.39. The lowest BCUT2D eigenvalue weighted by Gasteiger charge is -2.24. The molecule has 1 amide bonds. The molecular weight excluding hydrogens is 416 g/mol. The molecule has 1 heterocycles. The minimum Gasteiger partial charge on any atom is -0.443 e. The maximum Gasteiger partial charge on any atom is 0.419 e. The fourth-order valence-electron chi connectivity index (χ4n) is 3.44. The van der Waals surface area contributed by atoms with Crippen molar-refractivity contribution in [3.8, 4) is 0 Å². The summed E-state index contributed by atoms with van der Waals surface area (Å²) < 4.78 is 6.96. The van der Waals surface area contributed by atoms with E-state index < -0.39 is 11.7 Å². The summed E-state index contributed by atoms with van der Waals surface area (Å²) in [7, 11) is 0. The summed E-state index contributed by atoms with van der Waals surface area (Å²) in [6.07, 6.45) is 4.30. The highest BCUT2D eigenvalue weighted by Gasteiger charge is 2.21. The molecule has 1 aromatic heterocycles. The van der Waals surface area contributed by atoms with Gasteiger partial charge in [-0.15, -0.1) is 0 Å². The molecule has 0 atom stereocenters. The summed E-state index contributed by atoms with van der Waals surface area (Å²) in [5.41, 5.74) is 1.35. The second-order valence-corrected chi connectivity index (χ2v) is 9.13. The van der Waals surface area contributed by atoms with Crippen LogP contribution >= 0.6 is 0 Å². The zero-order valence-electron chi connectivity index (χ0n) is 19.7. The Morgan fingerprint density at radius 2 is 1.64 bits per heavy atom. The molecule has 6 nitrogen and oxygen atoms in total. The third-order valence-electron chi connectivity index (χ3n) is 5.05. The topological polar surface area (TPSA) is 68.6 Å². The van der Waals surface area contributed by atoms with Crippen molar-refractivity contribution in [2.24, 2.45) is 0 Å². The predicted octanol–water partition coefficient (Wildman–Crippen LogP) is 5.56. The van der Waals surface area contributed by atoms with Gasteiger partial charge < -0.3 is 9.64 Å². The molecule has 6 heteroatoms. The van der Waals surface area contributed by atoms with Crippen molar-refractivity contribution in [1.82, 2.24) is 9.47 Å². The summed E-state index contributed by atoms with van der Waals surface area (Å²) in [5.74, 6) is -0.393. The van der Waals surface area contributed by atoms with Crippen LogP contribution in [0.25, 0.3) is 17.0 Å². The van der Waals surface area contributed by atoms with Crippen LogP contribution < -0.4 is 0 Å². The zero-order valence-corrected chi connectivity index (χ0v) is 19.7. The molecule has 0 radical (unpaired) electrons. The molecule has 33 heavy (non-hydrogen) atoms. The number of carbonyl (C=O) groups is 3. The zero-order chi connectivity index (χ0) is 24.2. The SMILES string of the molecule is CC(C)N(CC(=O)c1ccccc1)C(=O)/C=C/c1cn(C(=O)OC(C)(C)C)c2ccccc12. The van der Waals surface area contributed by atoms with Crippen LogP contribution in [0.1, 0.15) is 50.5 Å². The molecule has 0 aliphatic rings. The maximum absolute atomic E-state index is 13.0. The molecule has 0 N–H and O–H groups in total. The summed E-state index contributed by atoms with van der Waals surface area (Å²) in [5, 5.41) is 0.823. The maximum atomic E-state index is 13.0. The van der Waals surface area contributed by atoms with Gasteiger partial charge in [-0.25, -0.2) is 4.79 Å². The molecule has 0 bridgehead atoms. The van der Waals surface area contributed by atoms with Crippen molar-refractivity contribution in [3.63, 3.8) is 0 Å². The third kappa shape index (κ3) is 5.98. The van der Waals surface area contributed by atoms with Gasteiger partial charge in [-0.3, -0.25) is 14.2 Å². The summed E-state index contributed by atoms with van der Waals surface area (Å²) in [4.78, 5) is 39.8. The van der Waals surface area contributed by atoms with Crippen LogP contribution in [0.5, 0.6) is 0 Å². The van der Waals surface area contributed by atoms with Gasteiger partial charge in [-0.2, -0.15) is 0 Å². The van der Waals surface area contributed by atoms with E-state index >= 15 is 0 Å². The number of hydrogen-bond donors (Lipinski definition) is 0. The van der Waals surface area contributed by atoms with Gasteiger partial charge in [0.1, 0.15) is 5.60 Å². The van der Waals surface area contributed by atoms with E-state index in [4.69, 9.17) is 4.74 Å². The quantitative estimate of drug-likeness (QED) is 0.367. The van der Waals surface area contributed by atoms with Crippen LogP contribution in [0.3, 0.4) is 0 Å². The van der Waals surface area contributed by atoms with Crippen molar-refractivity contribution in [3.05, 3.63) is 78.0 Å². The number of rotatable bonds is 6. The summed E-state index contributed by atoms with van der Waals surface area (Å²) >= 11 is 0. The fourth-order valence-corrected chi connectivity index (χ4v) is 3.44. The Morgan fingerprint density at radius 3 is 2.27 bits per heavy atom. The highest BCUT2D eigenvalue weighted by Crippen LogP contribution is 2.24. The smallest absolute Gasteiger partial charge is 0.419 e. The minimum atomic E-state index is -0.627. The van der Waals surface area contributed by atoms with Gasteiger partial charge in [-0.1, -0.05) is 48.5 Å². The number of aromatic nitrogens is 1. The molecule has 0 spiro atoms. The monoisotopic (exact) mass is 446 g/mol. The number of nitrogens with zero attached hydrogens (tertiary/aromatic N) is 2. The molecule has 0 unspecified atom stereocenters. The number of benzene rings is 2. The number of Topliss-reactive ketones (excluding diaryl/α,β-unsaturated/α-hetero) is 1. The highest BCUT2D eigenvalue weighted by atomic mass is 16.6. The van der Waals surface area contributed by atoms with E-state index in [1.807, 2.05) is 65.0 Å². The van der Waals surface area contributed by atoms with E-state index in [-0.39, 0.29) is 24.3 Å². The van der Waals surface area contributed by atoms with Crippen LogP contribution in [-0.2, 0) is 9.53 Å². The van der Waals surface area contributed by atoms with Crippen LogP contribution in [0.15, 0.2) is 66.9 Å². The second-order valence-electron chi connectivity index (χ2n) is 9.13. The van der Waals surface area contributed by atoms with Crippen molar-refractivity contribution in [1.29, 1.82) is 0 Å². The predicted molar refractivity (Wildman–Crippen MR) is 130 cm³/mol. The Balaban J connectivity index is 1.85. The number of hydrogen-bond acceptors (Lipinski definition) is 4. The van der Waals surface area contributed by atoms with Crippen molar-refractivity contribution in [2.75, 3.05) is 6.54 Å². The van der Waals surface area contributed by atoms with Gasteiger partial charge in [0.05, 0.1) is 12.1 Å². The molecule has 0 aliphatic heterocycles. The average Bonchev–Trinajstić information content (AvgIpc) is 3.14. The lowest BCUT2D eigenvalue weighted by atomic mass is 10.1. The first-order valence-corrected chi connectivity index (χ1v) is 11.0. The standard InChI is InChI=1S/C27H30N2O4/c1-19(2)28(18-24(30)20-11-7-6-8-12-20)25(31)16-15-21-17-29(26(32)33-27(3,4)5)23-14-10-9-13-22(21)23/h6-17,19H,18H2,1-5H3/b16-15+. The molecule has 3 aromatic rings. The Hall–Kier alpha value is -3.67. The van der Waals surface area contributed by atoms with E-state index in [1.54, 1.807) is 36.5 Å². The van der Waals surface area contributed by atoms with Gasteiger partial charge in [0.15, 0.2) is 5.78 Å². The van der Waals surface area contributed by atoms with Crippen LogP contribution in [0, 0.1) is 0 Å². The summed E-state index contributed by atoms with van der Waals surface area (Å²) in [6, 6.07) is 16.2. The Labute approximate surface area is 194 Å². The van der Waals surface area contributed by atoms with E-state index in [0.717, 1.165) is 5.39 Å². The molecule has 0 fully saturated rings. The number of carbonyl (C=O) groups excluding carboxylic acids is 3. The summed E-state index contributed by atoms with van der Waals surface area (Å²) in [6.45, 7) is 9.18. The first-order valence-electron chi connectivity index (χ1n) is 11.0. The van der Waals surface area contributed by atoms with E-state index in [9.17, 15) is 14.4 Å². The van der Waals surface area contributed by atoms with Gasteiger partial charge in [0.25, 0.3) is 0 Å². The highest BCUT2D eigenvalue weighted by molar-refractivity contribution is 6.02. The minimum absolute atomic E-state index is 0.00940. The first kappa shape index (κ1) is 24.0. The molecule has 172 valence electrons. The van der Waals surface area contributed by atoms with Crippen molar-refractivity contribution < 1.29 is 19.1 Å². The van der Waals surface area contributed by atoms with Gasteiger partial charge in [0, 0.05) is 34.8 Å². The number of para-hydroxylation sites is 1. The number of ether oxygens (including phenoxy) is 1. The average molecular weight is 447 g/mol. The van der Waals surface area contributed by atoms with Gasteiger partial charge >= 0.3 is 6.09 Å². The molecule has 0 saturated heterocycles. The first-order chi connectivity index (χ1) is 15.6. The fraction of sp³-hybridized carbons (Fsp3) is 0.296. The number of fused-ring (bicyclic) bond motifs is 1. The van der Waals surface area contributed by atoms with Gasteiger partial charge in [0.2, 0.25) is 5.91 Å². The number of ketones is 1. The Morgan fingerprint density at radius 1 is 1.00 bits per heavy atom. The normalized spacial score (nSPS) is 11.8. The van der Waals surface area contributed by atoms with E-state index in [1.165, 1.54) is 15.5 Å². The largest absolute Gasteiger partial charge is 0.443 e. The van der Waals surface area contributed by atoms with Crippen LogP contribution in [0.2, 0.25) is 0 Å². The lowest BCUT2D eigenvalue weighted by molar-refractivity contribution is -0.127. The molecule has 2 aromatic carbocycles. The van der Waals surface area contributed by atoms with Crippen molar-refractivity contribution in [2.45, 2.75) is 46.3 Å². The number of amides is 1. The van der Waals surface area contributed by atoms with Crippen molar-refractivity contribution >= 4 is 34.8 Å². The molecule has 3 rings (SSSR count). The van der Waals surface area contributed by atoms with E-state index in [0.29, 0.717) is 16.6 Å². The van der Waals surface area contributed by atoms with Crippen LogP contribution in [0.4, 0.5) is 4.79 Å². The third-order valence-corrected chi connectivity index (χ3v) is 5.05. The van der Waals surface area contributed by atoms with Gasteiger partial charge in [-0.05, 0) is 46.8 Å².